The molecule has 2 aromatic rings. The van der Waals surface area contributed by atoms with Crippen molar-refractivity contribution in [3.63, 3.8) is 0 Å². The van der Waals surface area contributed by atoms with Gasteiger partial charge in [-0.1, -0.05) is 24.3 Å². The number of amides is 4. The molecule has 2 heterocycles. The van der Waals surface area contributed by atoms with Gasteiger partial charge in [0.2, 0.25) is 11.8 Å². The van der Waals surface area contributed by atoms with Crippen molar-refractivity contribution < 1.29 is 19.2 Å². The molecule has 6 heteroatoms. The van der Waals surface area contributed by atoms with Crippen molar-refractivity contribution in [1.29, 1.82) is 0 Å². The van der Waals surface area contributed by atoms with Crippen LogP contribution in [0, 0.1) is 0 Å². The quantitative estimate of drug-likeness (QED) is 0.752. The fraction of sp³-hybridized carbons (Fsp3) is 0.176. The molecule has 1 saturated heterocycles. The fourth-order valence-corrected chi connectivity index (χ4v) is 3.17. The Morgan fingerprint density at radius 2 is 1.52 bits per heavy atom. The van der Waals surface area contributed by atoms with E-state index in [9.17, 15) is 19.2 Å². The maximum atomic E-state index is 12.2. The van der Waals surface area contributed by atoms with Crippen LogP contribution in [0.25, 0.3) is 10.8 Å². The summed E-state index contributed by atoms with van der Waals surface area (Å²) in [5.74, 6) is -2.03. The van der Waals surface area contributed by atoms with E-state index >= 15 is 0 Å². The van der Waals surface area contributed by atoms with Crippen LogP contribution in [0.3, 0.4) is 0 Å². The standard InChI is InChI=1S/C17H11N2O4/c20-12-6-3-7-13(21)19(12)11-8-9-4-1-2-5-10(9)14-15(11)17(23)18-16(14)22/h1-2,4-5,8H,3,6-7H2. The number of nitrogens with zero attached hydrogens (tertiary/aromatic N) is 2. The summed E-state index contributed by atoms with van der Waals surface area (Å²) in [5.41, 5.74) is 0.402. The average Bonchev–Trinajstić information content (AvgIpc) is 2.82. The third-order valence-electron chi connectivity index (χ3n) is 4.18. The van der Waals surface area contributed by atoms with Crippen LogP contribution in [0.4, 0.5) is 5.69 Å². The van der Waals surface area contributed by atoms with Gasteiger partial charge < -0.3 is 0 Å². The molecule has 0 saturated carbocycles. The summed E-state index contributed by atoms with van der Waals surface area (Å²) >= 11 is 0. The van der Waals surface area contributed by atoms with Crippen molar-refractivity contribution in [2.75, 3.05) is 4.90 Å². The molecule has 1 fully saturated rings. The zero-order valence-electron chi connectivity index (χ0n) is 12.0. The van der Waals surface area contributed by atoms with Crippen LogP contribution in [-0.2, 0) is 9.59 Å². The van der Waals surface area contributed by atoms with Gasteiger partial charge in [0.1, 0.15) is 0 Å². The molecular formula is C17H11N2O4. The summed E-state index contributed by atoms with van der Waals surface area (Å²) in [6.07, 6.45) is 0.987. The lowest BCUT2D eigenvalue weighted by molar-refractivity contribution is -0.129. The number of hydrogen-bond donors (Lipinski definition) is 0. The Balaban J connectivity index is 2.06. The van der Waals surface area contributed by atoms with E-state index in [1.807, 2.05) is 0 Å². The average molecular weight is 307 g/mol. The Labute approximate surface area is 131 Å². The summed E-state index contributed by atoms with van der Waals surface area (Å²) < 4.78 is 0. The number of fused-ring (bicyclic) bond motifs is 3. The van der Waals surface area contributed by atoms with Gasteiger partial charge in [-0.15, -0.1) is 0 Å². The van der Waals surface area contributed by atoms with Gasteiger partial charge in [-0.3, -0.25) is 19.2 Å². The van der Waals surface area contributed by atoms with Gasteiger partial charge in [-0.25, -0.2) is 4.90 Å². The van der Waals surface area contributed by atoms with Crippen molar-refractivity contribution in [2.45, 2.75) is 19.3 Å². The van der Waals surface area contributed by atoms with Gasteiger partial charge in [0.15, 0.2) is 0 Å². The second kappa shape index (κ2) is 4.74. The highest BCUT2D eigenvalue weighted by atomic mass is 16.2. The van der Waals surface area contributed by atoms with Crippen molar-refractivity contribution in [1.82, 2.24) is 5.32 Å². The first-order chi connectivity index (χ1) is 11.1. The minimum atomic E-state index is -0.697. The zero-order valence-corrected chi connectivity index (χ0v) is 12.0. The molecule has 0 bridgehead atoms. The van der Waals surface area contributed by atoms with Gasteiger partial charge in [0.05, 0.1) is 16.8 Å². The predicted octanol–water partition coefficient (Wildman–Crippen LogP) is 1.78. The second-order valence-electron chi connectivity index (χ2n) is 5.57. The van der Waals surface area contributed by atoms with E-state index in [4.69, 9.17) is 0 Å². The van der Waals surface area contributed by atoms with E-state index in [1.54, 1.807) is 30.3 Å². The Hall–Kier alpha value is -3.02. The molecule has 0 aromatic heterocycles. The van der Waals surface area contributed by atoms with Gasteiger partial charge in [0, 0.05) is 12.8 Å². The van der Waals surface area contributed by atoms with Crippen LogP contribution in [0.5, 0.6) is 0 Å². The number of carbonyl (C=O) groups is 4. The molecule has 0 N–H and O–H groups in total. The fourth-order valence-electron chi connectivity index (χ4n) is 3.17. The number of piperidine rings is 1. The second-order valence-corrected chi connectivity index (χ2v) is 5.57. The number of anilines is 1. The molecule has 1 radical (unpaired) electrons. The highest BCUT2D eigenvalue weighted by Crippen LogP contribution is 2.36. The lowest BCUT2D eigenvalue weighted by Gasteiger charge is -2.26. The minimum Gasteiger partial charge on any atom is -0.274 e. The molecule has 23 heavy (non-hydrogen) atoms. The largest absolute Gasteiger partial charge is 0.283 e. The Bertz CT molecular complexity index is 900. The zero-order chi connectivity index (χ0) is 16.1. The lowest BCUT2D eigenvalue weighted by Crippen LogP contribution is -2.41. The maximum absolute atomic E-state index is 12.2. The van der Waals surface area contributed by atoms with Gasteiger partial charge in [0.25, 0.3) is 11.8 Å². The normalized spacial score (nSPS) is 17.7. The first kappa shape index (κ1) is 13.6. The first-order valence-electron chi connectivity index (χ1n) is 7.30. The van der Waals surface area contributed by atoms with E-state index in [0.29, 0.717) is 17.2 Å². The van der Waals surface area contributed by atoms with Gasteiger partial charge in [-0.2, -0.15) is 5.32 Å². The number of rotatable bonds is 1. The monoisotopic (exact) mass is 307 g/mol. The predicted molar refractivity (Wildman–Crippen MR) is 81.1 cm³/mol. The van der Waals surface area contributed by atoms with Crippen molar-refractivity contribution in [3.8, 4) is 0 Å². The molecule has 2 aliphatic heterocycles. The highest BCUT2D eigenvalue weighted by molar-refractivity contribution is 6.31. The van der Waals surface area contributed by atoms with Crippen LogP contribution in [0.2, 0.25) is 0 Å². The molecule has 0 unspecified atom stereocenters. The number of hydrogen-bond acceptors (Lipinski definition) is 4. The topological polar surface area (TPSA) is 85.6 Å². The van der Waals surface area contributed by atoms with Gasteiger partial charge >= 0.3 is 0 Å². The maximum Gasteiger partial charge on any atom is 0.283 e. The summed E-state index contributed by atoms with van der Waals surface area (Å²) in [7, 11) is 0. The SMILES string of the molecule is O=C1[N]C(=O)c2c1c(N1C(=O)CCCC1=O)cc1ccccc21. The third-order valence-corrected chi connectivity index (χ3v) is 4.18. The molecule has 0 atom stereocenters. The van der Waals surface area contributed by atoms with E-state index in [0.717, 1.165) is 4.90 Å². The minimum absolute atomic E-state index is 0.0531. The summed E-state index contributed by atoms with van der Waals surface area (Å²) in [4.78, 5) is 49.7. The molecule has 0 aliphatic carbocycles. The Kier molecular flexibility index (Phi) is 2.81. The highest BCUT2D eigenvalue weighted by Gasteiger charge is 2.38. The smallest absolute Gasteiger partial charge is 0.274 e. The molecule has 113 valence electrons. The summed E-state index contributed by atoms with van der Waals surface area (Å²) in [5, 5.41) is 4.77. The molecule has 4 amide bonds. The first-order valence-corrected chi connectivity index (χ1v) is 7.30. The molecular weight excluding hydrogens is 296 g/mol. The Morgan fingerprint density at radius 3 is 2.26 bits per heavy atom. The van der Waals surface area contributed by atoms with Gasteiger partial charge in [-0.05, 0) is 23.3 Å². The summed E-state index contributed by atoms with van der Waals surface area (Å²) in [6.45, 7) is 0. The van der Waals surface area contributed by atoms with E-state index in [-0.39, 0.29) is 41.5 Å². The molecule has 4 rings (SSSR count). The van der Waals surface area contributed by atoms with Crippen molar-refractivity contribution in [3.05, 3.63) is 41.5 Å². The van der Waals surface area contributed by atoms with Crippen LogP contribution in [-0.4, -0.2) is 23.6 Å². The third kappa shape index (κ3) is 1.88. The van der Waals surface area contributed by atoms with Crippen molar-refractivity contribution in [2.24, 2.45) is 0 Å². The van der Waals surface area contributed by atoms with E-state index < -0.39 is 11.8 Å². The van der Waals surface area contributed by atoms with E-state index in [2.05, 4.69) is 5.32 Å². The Morgan fingerprint density at radius 1 is 0.870 bits per heavy atom. The number of imide groups is 2. The van der Waals surface area contributed by atoms with Crippen LogP contribution in [0.1, 0.15) is 40.0 Å². The van der Waals surface area contributed by atoms with E-state index in [1.165, 1.54) is 0 Å². The van der Waals surface area contributed by atoms with Crippen LogP contribution in [0.15, 0.2) is 30.3 Å². The lowest BCUT2D eigenvalue weighted by atomic mass is 9.96. The van der Waals surface area contributed by atoms with Crippen molar-refractivity contribution >= 4 is 40.1 Å². The van der Waals surface area contributed by atoms with Crippen LogP contribution >= 0.6 is 0 Å². The molecule has 2 aromatic carbocycles. The molecule has 6 nitrogen and oxygen atoms in total. The molecule has 2 aliphatic rings. The molecule has 0 spiro atoms. The number of benzene rings is 2. The number of carbonyl (C=O) groups excluding carboxylic acids is 4. The van der Waals surface area contributed by atoms with Crippen LogP contribution < -0.4 is 10.2 Å². The summed E-state index contributed by atoms with van der Waals surface area (Å²) in [6, 6.07) is 8.66.